The molecule has 0 atom stereocenters. The quantitative estimate of drug-likeness (QED) is 0.0561. The Hall–Kier alpha value is -8.28. The highest BCUT2D eigenvalue weighted by molar-refractivity contribution is 7.92. The molecule has 0 aliphatic heterocycles. The van der Waals surface area contributed by atoms with Crippen LogP contribution < -0.4 is 25.7 Å². The molecule has 0 heterocycles. The number of rotatable bonds is 19. The fraction of sp³-hybridized carbons (Fsp3) is 0.186. The van der Waals surface area contributed by atoms with E-state index in [1.54, 1.807) is 60.7 Å². The topological polar surface area (TPSA) is 301 Å². The predicted octanol–water partition coefficient (Wildman–Crippen LogP) is 11.9. The van der Waals surface area contributed by atoms with Crippen LogP contribution in [0, 0.1) is 0 Å². The first-order valence-electron chi connectivity index (χ1n) is 24.0. The average molecular weight is 1320 g/mol. The summed E-state index contributed by atoms with van der Waals surface area (Å²) in [7, 11) is -24.3. The summed E-state index contributed by atoms with van der Waals surface area (Å²) in [6.45, 7) is 7.62. The molecule has 0 aliphatic rings. The molecule has 8 aromatic rings. The number of hydrogen-bond acceptors (Lipinski definition) is 20. The van der Waals surface area contributed by atoms with E-state index < -0.39 is 72.0 Å². The maximum Gasteiger partial charge on any atom is 0.500 e. The van der Waals surface area contributed by atoms with Crippen molar-refractivity contribution < 1.29 is 94.1 Å². The number of aromatic hydroxyl groups is 2. The van der Waals surface area contributed by atoms with E-state index in [0.29, 0.717) is 5.75 Å². The minimum Gasteiger partial charge on any atom is -0.508 e. The summed E-state index contributed by atoms with van der Waals surface area (Å²) < 4.78 is 193. The summed E-state index contributed by atoms with van der Waals surface area (Å²) in [6.07, 6.45) is 0.966. The molecule has 0 amide bonds. The second kappa shape index (κ2) is 28.9. The van der Waals surface area contributed by atoms with Crippen LogP contribution in [0.1, 0.15) is 72.2 Å². The highest BCUT2D eigenvalue weighted by Crippen LogP contribution is 2.36. The summed E-state index contributed by atoms with van der Waals surface area (Å²) in [6, 6.07) is 45.8. The van der Waals surface area contributed by atoms with Gasteiger partial charge in [-0.25, -0.2) is 16.8 Å². The van der Waals surface area contributed by atoms with Gasteiger partial charge in [0.25, 0.3) is 0 Å². The van der Waals surface area contributed by atoms with Gasteiger partial charge in [0.05, 0.1) is 32.9 Å². The molecular weight excluding hydrogens is 1260 g/mol. The zero-order chi connectivity index (χ0) is 62.1. The molecule has 8 aromatic carbocycles. The van der Waals surface area contributed by atoms with Gasteiger partial charge >= 0.3 is 41.5 Å². The van der Waals surface area contributed by atoms with Crippen molar-refractivity contribution in [1.82, 2.24) is 0 Å². The lowest BCUT2D eigenvalue weighted by molar-refractivity contribution is 0.392. The summed E-state index contributed by atoms with van der Waals surface area (Å²) >= 11 is 0. The Balaban J connectivity index is 0.000000373. The fourth-order valence-corrected chi connectivity index (χ4v) is 12.0. The molecule has 0 radical (unpaired) electrons. The van der Waals surface area contributed by atoms with Crippen LogP contribution in [-0.2, 0) is 72.0 Å². The van der Waals surface area contributed by atoms with Crippen molar-refractivity contribution in [3.63, 3.8) is 0 Å². The summed E-state index contributed by atoms with van der Waals surface area (Å²) in [5.74, 6) is 0.256. The van der Waals surface area contributed by atoms with Gasteiger partial charge in [0.2, 0.25) is 19.7 Å². The van der Waals surface area contributed by atoms with Crippen LogP contribution in [-0.4, -0.2) is 74.1 Å². The third kappa shape index (κ3) is 20.7. The molecule has 0 saturated heterocycles. The van der Waals surface area contributed by atoms with Crippen LogP contribution in [0.2, 0.25) is 0 Å². The zero-order valence-corrected chi connectivity index (χ0v) is 49.8. The van der Waals surface area contributed by atoms with E-state index in [1.165, 1.54) is 141 Å². The number of phenols is 2. The second-order valence-corrected chi connectivity index (χ2v) is 27.3. The summed E-state index contributed by atoms with van der Waals surface area (Å²) in [4.78, 5) is 0.202. The molecule has 0 aliphatic carbocycles. The molecule has 0 saturated carbocycles. The van der Waals surface area contributed by atoms with E-state index >= 15 is 0 Å². The van der Waals surface area contributed by atoms with E-state index in [1.807, 2.05) is 27.7 Å². The number of hydrogen-bond donors (Lipinski definition) is 2. The van der Waals surface area contributed by atoms with Crippen LogP contribution in [0.15, 0.2) is 214 Å². The molecule has 2 N–H and O–H groups in total. The molecule has 87 heavy (non-hydrogen) atoms. The van der Waals surface area contributed by atoms with E-state index in [2.05, 4.69) is 8.37 Å². The van der Waals surface area contributed by atoms with Gasteiger partial charge in [-0.1, -0.05) is 106 Å². The van der Waals surface area contributed by atoms with Gasteiger partial charge in [-0.15, -0.1) is 8.42 Å². The maximum absolute atomic E-state index is 12.9. The average Bonchev–Trinajstić information content (AvgIpc) is 1.57. The number of methoxy groups -OCH3 is 1. The fourth-order valence-electron chi connectivity index (χ4n) is 7.65. The lowest BCUT2D eigenvalue weighted by Gasteiger charge is -2.26. The highest BCUT2D eigenvalue weighted by atomic mass is 32.3. The van der Waals surface area contributed by atoms with Gasteiger partial charge in [-0.3, -0.25) is 0 Å². The first-order chi connectivity index (χ1) is 39.0. The Kier molecular flexibility index (Phi) is 24.3. The van der Waals surface area contributed by atoms with Crippen LogP contribution >= 0.6 is 0 Å². The smallest absolute Gasteiger partial charge is 0.500 e. The normalized spacial score (nSPS) is 11.8. The van der Waals surface area contributed by atoms with Gasteiger partial charge in [0.15, 0.2) is 0 Å². The minimum atomic E-state index is -5.09. The van der Waals surface area contributed by atoms with Crippen molar-refractivity contribution in [2.75, 3.05) is 13.4 Å². The van der Waals surface area contributed by atoms with Crippen molar-refractivity contribution in [3.05, 3.63) is 216 Å². The van der Waals surface area contributed by atoms with Gasteiger partial charge in [-0.2, -0.15) is 25.3 Å². The van der Waals surface area contributed by atoms with Gasteiger partial charge < -0.3 is 35.9 Å². The standard InChI is InChI=1S/C29H28O10S3.C15H14F2O6S2.C12H10O4S.3CH4/c1-29(2,21-5-9-24(10-6-21)37-40(4,30)31)22-7-11-25(12-8-22)38-42(34,35)39-26-15-19-28(20-16-26)41(32,33)27-17-13-23(36-3)14-18-27;1-15(2,11-3-7-13(8-4-11)22-24(16,18)19)12-5-9-14(10-6-12)23-25(17,20)21;13-9-1-5-11(6-2-9)17(15,16)12-7-3-10(14)4-8-12;;;/h5-20H,1-4H3;3-10H,1-2H3;1-8,13-14H;3*1H4. The van der Waals surface area contributed by atoms with Crippen molar-refractivity contribution in [2.45, 2.75) is 80.4 Å². The Morgan fingerprint density at radius 2 is 0.529 bits per heavy atom. The first kappa shape index (κ1) is 73.0. The number of sulfone groups is 2. The Morgan fingerprint density at radius 1 is 0.322 bits per heavy atom. The molecule has 20 nitrogen and oxygen atoms in total. The number of ether oxygens (including phenoxy) is 1. The molecule has 0 unspecified atom stereocenters. The molecule has 0 fully saturated rings. The monoisotopic (exact) mass is 1320 g/mol. The zero-order valence-electron chi connectivity index (χ0n) is 44.9. The molecule has 28 heteroatoms. The van der Waals surface area contributed by atoms with Crippen LogP contribution in [0.25, 0.3) is 0 Å². The summed E-state index contributed by atoms with van der Waals surface area (Å²) in [5.41, 5.74) is 2.11. The maximum atomic E-state index is 12.9. The lowest BCUT2D eigenvalue weighted by Crippen LogP contribution is -2.19. The van der Waals surface area contributed by atoms with Crippen LogP contribution in [0.3, 0.4) is 0 Å². The Morgan fingerprint density at radius 3 is 0.759 bits per heavy atom. The number of halogens is 2. The SMILES string of the molecule is C.C.C.CC(C)(c1ccc(OS(=O)(=O)F)cc1)c1ccc(OS(=O)(=O)F)cc1.COc1ccc(S(=O)(=O)c2ccc(OS(=O)(=O)Oc3ccc(C(C)(C)c4ccc(OS(C)(=O)=O)cc4)cc3)cc2)cc1.O=S(=O)(c1ccc(O)cc1)c1ccc(O)cc1. The minimum absolute atomic E-state index is 0. The second-order valence-electron chi connectivity index (χ2n) is 18.8. The lowest BCUT2D eigenvalue weighted by atomic mass is 9.78. The van der Waals surface area contributed by atoms with Crippen molar-refractivity contribution in [2.24, 2.45) is 0 Å². The van der Waals surface area contributed by atoms with E-state index in [9.17, 15) is 58.3 Å². The van der Waals surface area contributed by atoms with E-state index in [4.69, 9.17) is 27.5 Å². The summed E-state index contributed by atoms with van der Waals surface area (Å²) in [5, 5.41) is 18.2. The van der Waals surface area contributed by atoms with Gasteiger partial charge in [0.1, 0.15) is 46.0 Å². The Labute approximate surface area is 508 Å². The molecular formula is C59H64F2O20S6. The number of phenolic OH excluding ortho intramolecular Hbond substituents is 2. The van der Waals surface area contributed by atoms with Crippen molar-refractivity contribution >= 4 is 61.2 Å². The molecule has 0 spiro atoms. The largest absolute Gasteiger partial charge is 0.508 e. The van der Waals surface area contributed by atoms with Crippen LogP contribution in [0.5, 0.6) is 46.0 Å². The molecule has 8 rings (SSSR count). The third-order valence-corrected chi connectivity index (χ3v) is 17.8. The molecule has 0 bridgehead atoms. The van der Waals surface area contributed by atoms with E-state index in [0.717, 1.165) is 28.5 Å². The highest BCUT2D eigenvalue weighted by Gasteiger charge is 2.27. The third-order valence-electron chi connectivity index (χ3n) is 12.1. The molecule has 470 valence electrons. The predicted molar refractivity (Wildman–Crippen MR) is 324 cm³/mol. The van der Waals surface area contributed by atoms with Crippen molar-refractivity contribution in [3.8, 4) is 46.0 Å². The van der Waals surface area contributed by atoms with E-state index in [-0.39, 0.29) is 82.1 Å². The number of benzene rings is 8. The van der Waals surface area contributed by atoms with Crippen molar-refractivity contribution in [1.29, 1.82) is 0 Å². The molecule has 0 aromatic heterocycles. The Bertz CT molecular complexity index is 4140. The van der Waals surface area contributed by atoms with Crippen LogP contribution in [0.4, 0.5) is 7.77 Å². The first-order valence-corrected chi connectivity index (χ1v) is 32.8. The van der Waals surface area contributed by atoms with Gasteiger partial charge in [-0.05, 0) is 168 Å². The van der Waals surface area contributed by atoms with Gasteiger partial charge in [0, 0.05) is 10.8 Å².